The highest BCUT2D eigenvalue weighted by Gasteiger charge is 2.25. The summed E-state index contributed by atoms with van der Waals surface area (Å²) in [6.45, 7) is 8.99. The molecule has 0 bridgehead atoms. The smallest absolute Gasteiger partial charge is 0.140 e. The van der Waals surface area contributed by atoms with Crippen LogP contribution in [0.5, 0.6) is 0 Å². The summed E-state index contributed by atoms with van der Waals surface area (Å²) >= 11 is 1.66. The zero-order valence-electron chi connectivity index (χ0n) is 11.1. The van der Waals surface area contributed by atoms with E-state index in [9.17, 15) is 0 Å². The van der Waals surface area contributed by atoms with Gasteiger partial charge in [0.25, 0.3) is 0 Å². The average Bonchev–Trinajstić information content (AvgIpc) is 2.73. The Morgan fingerprint density at radius 2 is 2.00 bits per heavy atom. The highest BCUT2D eigenvalue weighted by atomic mass is 32.1. The first kappa shape index (κ1) is 12.3. The van der Waals surface area contributed by atoms with E-state index in [1.165, 1.54) is 0 Å². The molecular formula is C13H19N3S. The standard InChI is InChI=1S/C13H19N3S/c1-9(13(2,3)4)16(5)11-10-6-7-17-12(10)15-8-14-11/h6-9H,1-5H3/t9-/m0/s1. The van der Waals surface area contributed by atoms with Gasteiger partial charge in [0, 0.05) is 13.1 Å². The van der Waals surface area contributed by atoms with Gasteiger partial charge in [-0.25, -0.2) is 9.97 Å². The lowest BCUT2D eigenvalue weighted by molar-refractivity contribution is 0.329. The third-order valence-corrected chi connectivity index (χ3v) is 4.23. The zero-order valence-corrected chi connectivity index (χ0v) is 11.9. The van der Waals surface area contributed by atoms with Gasteiger partial charge in [-0.1, -0.05) is 20.8 Å². The molecular weight excluding hydrogens is 230 g/mol. The van der Waals surface area contributed by atoms with E-state index in [4.69, 9.17) is 0 Å². The normalized spacial score (nSPS) is 13.9. The van der Waals surface area contributed by atoms with Crippen LogP contribution < -0.4 is 4.90 Å². The number of hydrogen-bond donors (Lipinski definition) is 0. The number of rotatable bonds is 2. The van der Waals surface area contributed by atoms with Crippen molar-refractivity contribution in [3.63, 3.8) is 0 Å². The lowest BCUT2D eigenvalue weighted by Crippen LogP contribution is -2.39. The van der Waals surface area contributed by atoms with Gasteiger partial charge in [-0.05, 0) is 23.8 Å². The van der Waals surface area contributed by atoms with Crippen LogP contribution in [0.2, 0.25) is 0 Å². The predicted octanol–water partition coefficient (Wildman–Crippen LogP) is 3.56. The van der Waals surface area contributed by atoms with E-state index in [0.29, 0.717) is 6.04 Å². The van der Waals surface area contributed by atoms with Crippen LogP contribution in [0.3, 0.4) is 0 Å². The van der Waals surface area contributed by atoms with Crippen molar-refractivity contribution in [3.8, 4) is 0 Å². The predicted molar refractivity (Wildman–Crippen MR) is 74.7 cm³/mol. The largest absolute Gasteiger partial charge is 0.356 e. The average molecular weight is 249 g/mol. The fraction of sp³-hybridized carbons (Fsp3) is 0.538. The Balaban J connectivity index is 2.43. The van der Waals surface area contributed by atoms with Gasteiger partial charge >= 0.3 is 0 Å². The molecule has 0 spiro atoms. The Hall–Kier alpha value is -1.16. The number of hydrogen-bond acceptors (Lipinski definition) is 4. The SMILES string of the molecule is C[C@H](N(C)c1ncnc2sccc12)C(C)(C)C. The summed E-state index contributed by atoms with van der Waals surface area (Å²) in [5.74, 6) is 1.03. The molecule has 1 atom stereocenters. The molecule has 2 heterocycles. The third-order valence-electron chi connectivity index (χ3n) is 3.41. The second kappa shape index (κ2) is 4.26. The summed E-state index contributed by atoms with van der Waals surface area (Å²) in [6.07, 6.45) is 1.65. The maximum atomic E-state index is 4.44. The van der Waals surface area contributed by atoms with Crippen molar-refractivity contribution < 1.29 is 0 Å². The topological polar surface area (TPSA) is 29.0 Å². The molecule has 0 aromatic carbocycles. The van der Waals surface area contributed by atoms with Gasteiger partial charge < -0.3 is 4.90 Å². The van der Waals surface area contributed by atoms with Crippen molar-refractivity contribution in [2.24, 2.45) is 5.41 Å². The van der Waals surface area contributed by atoms with Gasteiger partial charge in [-0.3, -0.25) is 0 Å². The Morgan fingerprint density at radius 1 is 1.29 bits per heavy atom. The maximum absolute atomic E-state index is 4.44. The lowest BCUT2D eigenvalue weighted by Gasteiger charge is -2.36. The van der Waals surface area contributed by atoms with Gasteiger partial charge in [0.05, 0.1) is 5.39 Å². The van der Waals surface area contributed by atoms with Crippen molar-refractivity contribution in [1.82, 2.24) is 9.97 Å². The van der Waals surface area contributed by atoms with E-state index in [2.05, 4.69) is 61.1 Å². The van der Waals surface area contributed by atoms with E-state index in [-0.39, 0.29) is 5.41 Å². The third kappa shape index (κ3) is 2.27. The molecule has 92 valence electrons. The van der Waals surface area contributed by atoms with Gasteiger partial charge in [0.15, 0.2) is 0 Å². The molecule has 4 heteroatoms. The highest BCUT2D eigenvalue weighted by Crippen LogP contribution is 2.31. The maximum Gasteiger partial charge on any atom is 0.140 e. The summed E-state index contributed by atoms with van der Waals surface area (Å²) in [5.41, 5.74) is 0.224. The second-order valence-corrected chi connectivity index (χ2v) is 6.38. The summed E-state index contributed by atoms with van der Waals surface area (Å²) in [7, 11) is 2.11. The molecule has 0 amide bonds. The van der Waals surface area contributed by atoms with Crippen molar-refractivity contribution >= 4 is 27.4 Å². The number of aromatic nitrogens is 2. The molecule has 0 fully saturated rings. The first-order valence-corrected chi connectivity index (χ1v) is 6.70. The zero-order chi connectivity index (χ0) is 12.6. The Bertz CT molecular complexity index is 513. The van der Waals surface area contributed by atoms with Crippen LogP contribution in [0.1, 0.15) is 27.7 Å². The summed E-state index contributed by atoms with van der Waals surface area (Å²) < 4.78 is 0. The minimum absolute atomic E-state index is 0.224. The molecule has 0 radical (unpaired) electrons. The molecule has 0 aliphatic heterocycles. The van der Waals surface area contributed by atoms with Crippen LogP contribution in [-0.2, 0) is 0 Å². The summed E-state index contributed by atoms with van der Waals surface area (Å²) in [6, 6.07) is 2.52. The number of thiophene rings is 1. The molecule has 2 aromatic heterocycles. The molecule has 0 aliphatic carbocycles. The lowest BCUT2D eigenvalue weighted by atomic mass is 9.87. The monoisotopic (exact) mass is 249 g/mol. The van der Waals surface area contributed by atoms with E-state index >= 15 is 0 Å². The van der Waals surface area contributed by atoms with Crippen LogP contribution >= 0.6 is 11.3 Å². The molecule has 0 aliphatic rings. The Kier molecular flexibility index (Phi) is 3.08. The fourth-order valence-electron chi connectivity index (χ4n) is 1.82. The highest BCUT2D eigenvalue weighted by molar-refractivity contribution is 7.16. The molecule has 0 saturated carbocycles. The summed E-state index contributed by atoms with van der Waals surface area (Å²) in [5, 5.41) is 3.22. The van der Waals surface area contributed by atoms with Gasteiger partial charge in [-0.15, -0.1) is 11.3 Å². The quantitative estimate of drug-likeness (QED) is 0.815. The molecule has 2 aromatic rings. The van der Waals surface area contributed by atoms with Crippen molar-refractivity contribution in [2.45, 2.75) is 33.7 Å². The van der Waals surface area contributed by atoms with Crippen LogP contribution in [0.4, 0.5) is 5.82 Å². The molecule has 2 rings (SSSR count). The number of nitrogens with zero attached hydrogens (tertiary/aromatic N) is 3. The van der Waals surface area contributed by atoms with Gasteiger partial charge in [0.2, 0.25) is 0 Å². The van der Waals surface area contributed by atoms with Gasteiger partial charge in [0.1, 0.15) is 17.0 Å². The number of fused-ring (bicyclic) bond motifs is 1. The Labute approximate surface area is 107 Å². The number of anilines is 1. The summed E-state index contributed by atoms with van der Waals surface area (Å²) in [4.78, 5) is 12.0. The molecule has 17 heavy (non-hydrogen) atoms. The van der Waals surface area contributed by atoms with Crippen LogP contribution in [0.15, 0.2) is 17.8 Å². The first-order chi connectivity index (χ1) is 7.91. The minimum Gasteiger partial charge on any atom is -0.356 e. The van der Waals surface area contributed by atoms with Crippen LogP contribution in [-0.4, -0.2) is 23.1 Å². The molecule has 0 N–H and O–H groups in total. The van der Waals surface area contributed by atoms with Crippen molar-refractivity contribution in [2.75, 3.05) is 11.9 Å². The second-order valence-electron chi connectivity index (χ2n) is 5.49. The van der Waals surface area contributed by atoms with Crippen molar-refractivity contribution in [3.05, 3.63) is 17.8 Å². The van der Waals surface area contributed by atoms with Crippen LogP contribution in [0, 0.1) is 5.41 Å². The van der Waals surface area contributed by atoms with E-state index < -0.39 is 0 Å². The van der Waals surface area contributed by atoms with E-state index in [0.717, 1.165) is 16.0 Å². The molecule has 3 nitrogen and oxygen atoms in total. The van der Waals surface area contributed by atoms with Crippen LogP contribution in [0.25, 0.3) is 10.2 Å². The van der Waals surface area contributed by atoms with Crippen molar-refractivity contribution in [1.29, 1.82) is 0 Å². The Morgan fingerprint density at radius 3 is 2.65 bits per heavy atom. The van der Waals surface area contributed by atoms with E-state index in [1.807, 2.05) is 0 Å². The van der Waals surface area contributed by atoms with Gasteiger partial charge in [-0.2, -0.15) is 0 Å². The van der Waals surface area contributed by atoms with E-state index in [1.54, 1.807) is 17.7 Å². The molecule has 0 unspecified atom stereocenters. The minimum atomic E-state index is 0.224. The fourth-order valence-corrected chi connectivity index (χ4v) is 2.55. The first-order valence-electron chi connectivity index (χ1n) is 5.82. The molecule has 0 saturated heterocycles.